The monoisotopic (exact) mass is 369 g/mol. The van der Waals surface area contributed by atoms with E-state index in [2.05, 4.69) is 5.32 Å². The van der Waals surface area contributed by atoms with Crippen molar-refractivity contribution >= 4 is 39.0 Å². The number of amides is 1. The van der Waals surface area contributed by atoms with E-state index in [0.717, 1.165) is 29.7 Å². The van der Waals surface area contributed by atoms with Gasteiger partial charge in [-0.2, -0.15) is 0 Å². The molecule has 3 aromatic rings. The number of nitrogens with one attached hydrogen (secondary N) is 1. The molecule has 4 rings (SSSR count). The Morgan fingerprint density at radius 3 is 2.85 bits per heavy atom. The minimum absolute atomic E-state index is 0.0990. The first-order valence-electron chi connectivity index (χ1n) is 8.15. The highest BCUT2D eigenvalue weighted by Gasteiger charge is 2.28. The highest BCUT2D eigenvalue weighted by atomic mass is 32.1. The third kappa shape index (κ3) is 2.70. The van der Waals surface area contributed by atoms with E-state index >= 15 is 0 Å². The highest BCUT2D eigenvalue weighted by Crippen LogP contribution is 2.39. The zero-order valence-corrected chi connectivity index (χ0v) is 14.8. The van der Waals surface area contributed by atoms with Crippen molar-refractivity contribution in [2.24, 2.45) is 0 Å². The average Bonchev–Trinajstić information content (AvgIpc) is 3.21. The summed E-state index contributed by atoms with van der Waals surface area (Å²) in [6, 6.07) is 8.41. The topological polar surface area (TPSA) is 85.6 Å². The number of anilines is 1. The summed E-state index contributed by atoms with van der Waals surface area (Å²) in [6.07, 6.45) is 2.65. The lowest BCUT2D eigenvalue weighted by Crippen LogP contribution is -2.16. The molecular weight excluding hydrogens is 354 g/mol. The summed E-state index contributed by atoms with van der Waals surface area (Å²) in [4.78, 5) is 37.9. The van der Waals surface area contributed by atoms with Crippen molar-refractivity contribution < 1.29 is 18.7 Å². The van der Waals surface area contributed by atoms with Gasteiger partial charge >= 0.3 is 11.6 Å². The molecule has 0 spiro atoms. The van der Waals surface area contributed by atoms with Crippen LogP contribution >= 0.6 is 11.3 Å². The van der Waals surface area contributed by atoms with Crippen LogP contribution in [0.1, 0.15) is 37.8 Å². The third-order valence-electron chi connectivity index (χ3n) is 4.43. The van der Waals surface area contributed by atoms with Gasteiger partial charge < -0.3 is 14.5 Å². The molecule has 0 bridgehead atoms. The number of rotatable bonds is 3. The molecule has 2 aromatic heterocycles. The molecule has 2 heterocycles. The number of carbonyl (C=O) groups excluding carboxylic acids is 2. The number of thiophene rings is 1. The van der Waals surface area contributed by atoms with Gasteiger partial charge in [-0.25, -0.2) is 9.59 Å². The number of fused-ring (bicyclic) bond motifs is 2. The fourth-order valence-corrected chi connectivity index (χ4v) is 4.49. The predicted octanol–water partition coefficient (Wildman–Crippen LogP) is 3.38. The van der Waals surface area contributed by atoms with Gasteiger partial charge in [0.25, 0.3) is 5.91 Å². The number of hydrogen-bond donors (Lipinski definition) is 1. The van der Waals surface area contributed by atoms with E-state index in [1.54, 1.807) is 24.3 Å². The Labute approximate surface area is 152 Å². The van der Waals surface area contributed by atoms with E-state index in [1.165, 1.54) is 24.5 Å². The van der Waals surface area contributed by atoms with Crippen LogP contribution < -0.4 is 10.9 Å². The number of aryl methyl sites for hydroxylation is 1. The summed E-state index contributed by atoms with van der Waals surface area (Å²) < 4.78 is 10.0. The molecule has 0 fully saturated rings. The Morgan fingerprint density at radius 1 is 1.23 bits per heavy atom. The van der Waals surface area contributed by atoms with Crippen molar-refractivity contribution in [2.45, 2.75) is 19.3 Å². The largest absolute Gasteiger partial charge is 0.465 e. The number of ether oxygens (including phenoxy) is 1. The summed E-state index contributed by atoms with van der Waals surface area (Å²) in [6.45, 7) is 0. The zero-order chi connectivity index (χ0) is 18.3. The molecule has 1 N–H and O–H groups in total. The fourth-order valence-electron chi connectivity index (χ4n) is 3.22. The van der Waals surface area contributed by atoms with Crippen LogP contribution in [0.25, 0.3) is 10.8 Å². The number of carbonyl (C=O) groups is 2. The van der Waals surface area contributed by atoms with Crippen molar-refractivity contribution in [1.29, 1.82) is 0 Å². The standard InChI is InChI=1S/C19H15NO5S/c1-24-19(23)15-12-7-4-8-14(12)26-17(15)20-16(21)13-9-10-5-2-3-6-11(10)18(22)25-13/h2-3,5-6,9H,4,7-8H2,1H3,(H,20,21). The summed E-state index contributed by atoms with van der Waals surface area (Å²) >= 11 is 1.37. The van der Waals surface area contributed by atoms with E-state index in [0.29, 0.717) is 21.3 Å². The maximum Gasteiger partial charge on any atom is 0.344 e. The van der Waals surface area contributed by atoms with Crippen LogP contribution in [0.5, 0.6) is 0 Å². The van der Waals surface area contributed by atoms with Gasteiger partial charge in [0.15, 0.2) is 5.76 Å². The van der Waals surface area contributed by atoms with Gasteiger partial charge in [-0.15, -0.1) is 11.3 Å². The lowest BCUT2D eigenvalue weighted by molar-refractivity contribution is 0.0601. The van der Waals surface area contributed by atoms with Crippen LogP contribution in [0.4, 0.5) is 5.00 Å². The molecular formula is C19H15NO5S. The number of benzene rings is 1. The fraction of sp³-hybridized carbons (Fsp3) is 0.211. The van der Waals surface area contributed by atoms with E-state index < -0.39 is 17.5 Å². The first kappa shape index (κ1) is 16.5. The molecule has 0 saturated heterocycles. The normalized spacial score (nSPS) is 12.8. The molecule has 7 heteroatoms. The molecule has 0 aliphatic heterocycles. The van der Waals surface area contributed by atoms with Gasteiger partial charge in [0.1, 0.15) is 5.00 Å². The summed E-state index contributed by atoms with van der Waals surface area (Å²) in [5, 5.41) is 4.17. The van der Waals surface area contributed by atoms with Gasteiger partial charge in [0, 0.05) is 4.88 Å². The van der Waals surface area contributed by atoms with Crippen LogP contribution in [0, 0.1) is 0 Å². The van der Waals surface area contributed by atoms with Crippen LogP contribution in [-0.2, 0) is 17.6 Å². The molecule has 1 aliphatic rings. The summed E-state index contributed by atoms with van der Waals surface area (Å²) in [5.74, 6) is -1.14. The molecule has 1 aliphatic carbocycles. The molecule has 1 aromatic carbocycles. The van der Waals surface area contributed by atoms with E-state index in [-0.39, 0.29) is 5.76 Å². The lowest BCUT2D eigenvalue weighted by atomic mass is 10.1. The molecule has 0 unspecified atom stereocenters. The smallest absolute Gasteiger partial charge is 0.344 e. The minimum Gasteiger partial charge on any atom is -0.465 e. The second kappa shape index (κ2) is 6.42. The van der Waals surface area contributed by atoms with E-state index in [1.807, 2.05) is 0 Å². The van der Waals surface area contributed by atoms with Crippen LogP contribution in [0.2, 0.25) is 0 Å². The van der Waals surface area contributed by atoms with Gasteiger partial charge in [0.2, 0.25) is 0 Å². The van der Waals surface area contributed by atoms with Gasteiger partial charge in [-0.3, -0.25) is 4.79 Å². The Bertz CT molecular complexity index is 1090. The minimum atomic E-state index is -0.574. The molecule has 1 amide bonds. The van der Waals surface area contributed by atoms with Crippen molar-refractivity contribution in [1.82, 2.24) is 0 Å². The molecule has 0 radical (unpaired) electrons. The molecule has 0 atom stereocenters. The predicted molar refractivity (Wildman–Crippen MR) is 98.1 cm³/mol. The summed E-state index contributed by atoms with van der Waals surface area (Å²) in [5.41, 5.74) is 0.772. The maximum atomic E-state index is 12.6. The Kier molecular flexibility index (Phi) is 4.08. The van der Waals surface area contributed by atoms with Crippen LogP contribution in [0.3, 0.4) is 0 Å². The quantitative estimate of drug-likeness (QED) is 0.715. The van der Waals surface area contributed by atoms with Crippen LogP contribution in [0.15, 0.2) is 39.5 Å². The van der Waals surface area contributed by atoms with Crippen LogP contribution in [-0.4, -0.2) is 19.0 Å². The number of hydrogen-bond acceptors (Lipinski definition) is 6. The molecule has 6 nitrogen and oxygen atoms in total. The molecule has 26 heavy (non-hydrogen) atoms. The SMILES string of the molecule is COC(=O)c1c(NC(=O)c2cc3ccccc3c(=O)o2)sc2c1CCC2. The number of methoxy groups -OCH3 is 1. The van der Waals surface area contributed by atoms with Gasteiger partial charge in [0.05, 0.1) is 18.1 Å². The zero-order valence-electron chi connectivity index (χ0n) is 14.0. The van der Waals surface area contributed by atoms with Crippen molar-refractivity contribution in [2.75, 3.05) is 12.4 Å². The van der Waals surface area contributed by atoms with E-state index in [4.69, 9.17) is 9.15 Å². The van der Waals surface area contributed by atoms with Crippen molar-refractivity contribution in [3.05, 3.63) is 62.5 Å². The Hall–Kier alpha value is -2.93. The molecule has 0 saturated carbocycles. The average molecular weight is 369 g/mol. The van der Waals surface area contributed by atoms with E-state index in [9.17, 15) is 14.4 Å². The first-order chi connectivity index (χ1) is 12.6. The Morgan fingerprint density at radius 2 is 2.04 bits per heavy atom. The number of esters is 1. The van der Waals surface area contributed by atoms with Gasteiger partial charge in [-0.05, 0) is 42.3 Å². The Balaban J connectivity index is 1.71. The lowest BCUT2D eigenvalue weighted by Gasteiger charge is -2.07. The second-order valence-corrected chi connectivity index (χ2v) is 7.10. The second-order valence-electron chi connectivity index (χ2n) is 5.99. The summed E-state index contributed by atoms with van der Waals surface area (Å²) in [7, 11) is 1.31. The third-order valence-corrected chi connectivity index (χ3v) is 5.64. The maximum absolute atomic E-state index is 12.6. The first-order valence-corrected chi connectivity index (χ1v) is 8.97. The van der Waals surface area contributed by atoms with Gasteiger partial charge in [-0.1, -0.05) is 18.2 Å². The highest BCUT2D eigenvalue weighted by molar-refractivity contribution is 7.17. The molecule has 132 valence electrons. The van der Waals surface area contributed by atoms with Crippen molar-refractivity contribution in [3.63, 3.8) is 0 Å². The van der Waals surface area contributed by atoms with Crippen molar-refractivity contribution in [3.8, 4) is 0 Å².